The van der Waals surface area contributed by atoms with Crippen molar-refractivity contribution < 1.29 is 22.8 Å². The van der Waals surface area contributed by atoms with Crippen LogP contribution in [0.5, 0.6) is 0 Å². The van der Waals surface area contributed by atoms with Crippen LogP contribution >= 0.6 is 0 Å². The lowest BCUT2D eigenvalue weighted by Gasteiger charge is -2.34. The first kappa shape index (κ1) is 16.7. The van der Waals surface area contributed by atoms with E-state index in [4.69, 9.17) is 5.73 Å². The van der Waals surface area contributed by atoms with Crippen molar-refractivity contribution in [3.63, 3.8) is 0 Å². The molecule has 0 aliphatic carbocycles. The number of carbonyl (C=O) groups is 2. The molecule has 1 heterocycles. The summed E-state index contributed by atoms with van der Waals surface area (Å²) in [5, 5.41) is 2.62. The zero-order valence-electron chi connectivity index (χ0n) is 11.5. The van der Waals surface area contributed by atoms with Crippen molar-refractivity contribution in [1.82, 2.24) is 10.2 Å². The van der Waals surface area contributed by atoms with Crippen LogP contribution in [0.2, 0.25) is 0 Å². The number of nitrogens with one attached hydrogen (secondary N) is 1. The van der Waals surface area contributed by atoms with Gasteiger partial charge in [-0.05, 0) is 26.7 Å². The number of halogens is 3. The molecule has 2 unspecified atom stereocenters. The van der Waals surface area contributed by atoms with Gasteiger partial charge in [-0.15, -0.1) is 0 Å². The molecule has 0 saturated carbocycles. The lowest BCUT2D eigenvalue weighted by atomic mass is 9.93. The van der Waals surface area contributed by atoms with Gasteiger partial charge in [0.15, 0.2) is 0 Å². The normalized spacial score (nSPS) is 23.7. The van der Waals surface area contributed by atoms with E-state index in [-0.39, 0.29) is 37.9 Å². The van der Waals surface area contributed by atoms with E-state index < -0.39 is 24.0 Å². The fraction of sp³-hybridized carbons (Fsp3) is 0.833. The molecule has 0 spiro atoms. The summed E-state index contributed by atoms with van der Waals surface area (Å²) in [5.74, 6) is -2.44. The first-order chi connectivity index (χ1) is 9.12. The van der Waals surface area contributed by atoms with E-state index in [0.29, 0.717) is 0 Å². The average molecular weight is 295 g/mol. The number of nitrogens with two attached hydrogens (primary N) is 1. The Morgan fingerprint density at radius 3 is 2.30 bits per heavy atom. The maximum absolute atomic E-state index is 12.5. The van der Waals surface area contributed by atoms with Crippen LogP contribution in [0.25, 0.3) is 0 Å². The van der Waals surface area contributed by atoms with E-state index in [0.717, 1.165) is 0 Å². The Morgan fingerprint density at radius 2 is 1.95 bits per heavy atom. The number of primary amides is 1. The fourth-order valence-electron chi connectivity index (χ4n) is 2.23. The molecular formula is C12H20F3N3O2. The number of nitrogens with zero attached hydrogens (tertiary/aromatic N) is 1. The summed E-state index contributed by atoms with van der Waals surface area (Å²) in [5.41, 5.74) is 5.08. The van der Waals surface area contributed by atoms with Gasteiger partial charge in [0.05, 0.1) is 18.5 Å². The third kappa shape index (κ3) is 4.36. The lowest BCUT2D eigenvalue weighted by molar-refractivity contribution is -0.180. The molecule has 2 atom stereocenters. The molecule has 2 amide bonds. The summed E-state index contributed by atoms with van der Waals surface area (Å²) in [6.07, 6.45) is -4.23. The van der Waals surface area contributed by atoms with Crippen LogP contribution in [-0.2, 0) is 9.59 Å². The van der Waals surface area contributed by atoms with Gasteiger partial charge < -0.3 is 16.0 Å². The largest absolute Gasteiger partial charge is 0.393 e. The Kier molecular flexibility index (Phi) is 5.38. The summed E-state index contributed by atoms with van der Waals surface area (Å²) < 4.78 is 37.6. The van der Waals surface area contributed by atoms with Gasteiger partial charge in [0.25, 0.3) is 0 Å². The number of amides is 2. The van der Waals surface area contributed by atoms with Crippen LogP contribution in [0.3, 0.4) is 0 Å². The summed E-state index contributed by atoms with van der Waals surface area (Å²) in [4.78, 5) is 24.4. The molecule has 1 aliphatic heterocycles. The maximum atomic E-state index is 12.5. The molecule has 8 heteroatoms. The van der Waals surface area contributed by atoms with E-state index in [2.05, 4.69) is 5.32 Å². The molecule has 0 radical (unpaired) electrons. The molecule has 1 fully saturated rings. The standard InChI is InChI=1S/C12H20F3N3O2/c1-7(2)18(6-10(16)19)11(20)9-4-3-8(5-17-9)12(13,14)15/h7-9,17H,3-6H2,1-2H3,(H2,16,19). The van der Waals surface area contributed by atoms with Gasteiger partial charge in [-0.3, -0.25) is 9.59 Å². The number of alkyl halides is 3. The molecule has 0 bridgehead atoms. The van der Waals surface area contributed by atoms with Gasteiger partial charge in [0, 0.05) is 12.6 Å². The Morgan fingerprint density at radius 1 is 1.35 bits per heavy atom. The van der Waals surface area contributed by atoms with Crippen molar-refractivity contribution in [1.29, 1.82) is 0 Å². The monoisotopic (exact) mass is 295 g/mol. The van der Waals surface area contributed by atoms with E-state index in [9.17, 15) is 22.8 Å². The van der Waals surface area contributed by atoms with Crippen molar-refractivity contribution in [2.24, 2.45) is 11.7 Å². The molecule has 0 aromatic rings. The Hall–Kier alpha value is -1.31. The van der Waals surface area contributed by atoms with Crippen molar-refractivity contribution in [3.05, 3.63) is 0 Å². The number of hydrogen-bond acceptors (Lipinski definition) is 3. The minimum Gasteiger partial charge on any atom is -0.368 e. The van der Waals surface area contributed by atoms with E-state index in [1.807, 2.05) is 0 Å². The summed E-state index contributed by atoms with van der Waals surface area (Å²) in [7, 11) is 0. The molecule has 0 aromatic carbocycles. The summed E-state index contributed by atoms with van der Waals surface area (Å²) >= 11 is 0. The summed E-state index contributed by atoms with van der Waals surface area (Å²) in [6, 6.07) is -0.924. The van der Waals surface area contributed by atoms with Crippen LogP contribution in [0.15, 0.2) is 0 Å². The van der Waals surface area contributed by atoms with Crippen LogP contribution in [0.1, 0.15) is 26.7 Å². The van der Waals surface area contributed by atoms with Crippen LogP contribution in [0.4, 0.5) is 13.2 Å². The average Bonchev–Trinajstić information content (AvgIpc) is 2.33. The molecule has 1 rings (SSSR count). The first-order valence-corrected chi connectivity index (χ1v) is 6.51. The molecule has 3 N–H and O–H groups in total. The predicted molar refractivity (Wildman–Crippen MR) is 66.6 cm³/mol. The van der Waals surface area contributed by atoms with Crippen LogP contribution < -0.4 is 11.1 Å². The highest BCUT2D eigenvalue weighted by atomic mass is 19.4. The first-order valence-electron chi connectivity index (χ1n) is 6.51. The minimum absolute atomic E-state index is 0.0879. The summed E-state index contributed by atoms with van der Waals surface area (Å²) in [6.45, 7) is 2.95. The van der Waals surface area contributed by atoms with Gasteiger partial charge in [0.2, 0.25) is 11.8 Å². The fourth-order valence-corrected chi connectivity index (χ4v) is 2.23. The van der Waals surface area contributed by atoms with Gasteiger partial charge >= 0.3 is 6.18 Å². The highest BCUT2D eigenvalue weighted by Gasteiger charge is 2.43. The topological polar surface area (TPSA) is 75.4 Å². The van der Waals surface area contributed by atoms with Crippen molar-refractivity contribution in [3.8, 4) is 0 Å². The van der Waals surface area contributed by atoms with Crippen molar-refractivity contribution in [2.75, 3.05) is 13.1 Å². The maximum Gasteiger partial charge on any atom is 0.393 e. The Bertz CT molecular complexity index is 363. The Labute approximate surface area is 115 Å². The second-order valence-corrected chi connectivity index (χ2v) is 5.30. The van der Waals surface area contributed by atoms with Gasteiger partial charge in [-0.1, -0.05) is 0 Å². The SMILES string of the molecule is CC(C)N(CC(N)=O)C(=O)C1CCC(C(F)(F)F)CN1. The third-order valence-electron chi connectivity index (χ3n) is 3.41. The molecule has 20 heavy (non-hydrogen) atoms. The highest BCUT2D eigenvalue weighted by molar-refractivity contribution is 5.87. The molecule has 0 aromatic heterocycles. The number of hydrogen-bond donors (Lipinski definition) is 2. The van der Waals surface area contributed by atoms with E-state index in [1.54, 1.807) is 13.8 Å². The quantitative estimate of drug-likeness (QED) is 0.799. The molecular weight excluding hydrogens is 275 g/mol. The zero-order valence-corrected chi connectivity index (χ0v) is 11.5. The highest BCUT2D eigenvalue weighted by Crippen LogP contribution is 2.32. The number of piperidine rings is 1. The Balaban J connectivity index is 2.63. The lowest BCUT2D eigenvalue weighted by Crippen LogP contribution is -2.55. The van der Waals surface area contributed by atoms with Crippen molar-refractivity contribution >= 4 is 11.8 Å². The van der Waals surface area contributed by atoms with E-state index in [1.165, 1.54) is 4.90 Å². The number of carbonyl (C=O) groups excluding carboxylic acids is 2. The second-order valence-electron chi connectivity index (χ2n) is 5.30. The zero-order chi connectivity index (χ0) is 15.5. The third-order valence-corrected chi connectivity index (χ3v) is 3.41. The van der Waals surface area contributed by atoms with Crippen LogP contribution in [-0.4, -0.2) is 48.1 Å². The smallest absolute Gasteiger partial charge is 0.368 e. The molecule has 5 nitrogen and oxygen atoms in total. The molecule has 1 saturated heterocycles. The second kappa shape index (κ2) is 6.43. The minimum atomic E-state index is -4.24. The van der Waals surface area contributed by atoms with Crippen molar-refractivity contribution in [2.45, 2.75) is 44.9 Å². The van der Waals surface area contributed by atoms with E-state index >= 15 is 0 Å². The van der Waals surface area contributed by atoms with Gasteiger partial charge in [0.1, 0.15) is 0 Å². The van der Waals surface area contributed by atoms with Gasteiger partial charge in [-0.25, -0.2) is 0 Å². The van der Waals surface area contributed by atoms with Gasteiger partial charge in [-0.2, -0.15) is 13.2 Å². The predicted octanol–water partition coefficient (Wildman–Crippen LogP) is 0.639. The molecule has 1 aliphatic rings. The molecule has 116 valence electrons. The van der Waals surface area contributed by atoms with Crippen LogP contribution in [0, 0.1) is 5.92 Å². The number of rotatable bonds is 4.